The second kappa shape index (κ2) is 7.79. The van der Waals surface area contributed by atoms with Gasteiger partial charge < -0.3 is 19.9 Å². The highest BCUT2D eigenvalue weighted by Gasteiger charge is 2.21. The lowest BCUT2D eigenvalue weighted by Crippen LogP contribution is -2.32. The smallest absolute Gasteiger partial charge is 0.450 e. The Balaban J connectivity index is 2.04. The van der Waals surface area contributed by atoms with Crippen molar-refractivity contribution in [3.05, 3.63) is 0 Å². The Labute approximate surface area is 107 Å². The molecule has 6 heteroatoms. The number of amides is 1. The molecule has 2 N–H and O–H groups in total. The lowest BCUT2D eigenvalue weighted by atomic mass is 9.89. The normalized spacial score (nSPS) is 23.2. The van der Waals surface area contributed by atoms with Crippen molar-refractivity contribution >= 4 is 12.2 Å². The molecule has 1 amide bonds. The number of ether oxygens (including phenoxy) is 2. The number of carbonyl (C=O) groups is 2. The standard InChI is InChI=1S/C12H21NO5/c1-9-4-2-5-10(8-9)18-11(14)13-6-3-7-17-12(15)16/h9-10H,2-8H2,1H3,(H,13,14)(H,15,16)/t9?,10-/m0/s1. The molecule has 6 nitrogen and oxygen atoms in total. The molecule has 1 rings (SSSR count). The van der Waals surface area contributed by atoms with Gasteiger partial charge in [-0.15, -0.1) is 0 Å². The van der Waals surface area contributed by atoms with Crippen LogP contribution in [-0.2, 0) is 9.47 Å². The first-order chi connectivity index (χ1) is 8.58. The number of hydrogen-bond donors (Lipinski definition) is 2. The van der Waals surface area contributed by atoms with Crippen molar-refractivity contribution in [2.75, 3.05) is 13.2 Å². The minimum absolute atomic E-state index is 0.0176. The van der Waals surface area contributed by atoms with Gasteiger partial charge in [0.2, 0.25) is 0 Å². The number of rotatable bonds is 5. The number of carbonyl (C=O) groups excluding carboxylic acids is 1. The van der Waals surface area contributed by atoms with Crippen LogP contribution >= 0.6 is 0 Å². The fourth-order valence-electron chi connectivity index (χ4n) is 2.10. The molecule has 0 aliphatic heterocycles. The van der Waals surface area contributed by atoms with E-state index in [9.17, 15) is 9.59 Å². The van der Waals surface area contributed by atoms with Crippen molar-refractivity contribution in [2.24, 2.45) is 5.92 Å². The minimum atomic E-state index is -1.30. The summed E-state index contributed by atoms with van der Waals surface area (Å²) in [5.74, 6) is 0.612. The second-order valence-electron chi connectivity index (χ2n) is 4.69. The molecule has 0 saturated heterocycles. The lowest BCUT2D eigenvalue weighted by molar-refractivity contribution is 0.0618. The summed E-state index contributed by atoms with van der Waals surface area (Å²) in [4.78, 5) is 21.5. The summed E-state index contributed by atoms with van der Waals surface area (Å²) in [7, 11) is 0. The third kappa shape index (κ3) is 6.32. The van der Waals surface area contributed by atoms with Crippen LogP contribution in [0, 0.1) is 5.92 Å². The number of nitrogens with one attached hydrogen (secondary N) is 1. The summed E-state index contributed by atoms with van der Waals surface area (Å²) in [6.45, 7) is 2.60. The first kappa shape index (κ1) is 14.6. The molecule has 104 valence electrons. The highest BCUT2D eigenvalue weighted by molar-refractivity contribution is 5.67. The molecule has 1 aliphatic carbocycles. The van der Waals surface area contributed by atoms with Crippen molar-refractivity contribution in [1.82, 2.24) is 5.32 Å². The van der Waals surface area contributed by atoms with Crippen LogP contribution in [0.3, 0.4) is 0 Å². The van der Waals surface area contributed by atoms with Crippen LogP contribution in [0.4, 0.5) is 9.59 Å². The van der Waals surface area contributed by atoms with E-state index in [4.69, 9.17) is 9.84 Å². The van der Waals surface area contributed by atoms with E-state index in [0.717, 1.165) is 19.3 Å². The quantitative estimate of drug-likeness (QED) is 0.585. The molecule has 0 bridgehead atoms. The van der Waals surface area contributed by atoms with Gasteiger partial charge >= 0.3 is 12.2 Å². The molecular weight excluding hydrogens is 238 g/mol. The van der Waals surface area contributed by atoms with Crippen LogP contribution in [-0.4, -0.2) is 36.6 Å². The van der Waals surface area contributed by atoms with Crippen molar-refractivity contribution in [1.29, 1.82) is 0 Å². The van der Waals surface area contributed by atoms with E-state index in [0.29, 0.717) is 18.9 Å². The van der Waals surface area contributed by atoms with Gasteiger partial charge in [-0.3, -0.25) is 0 Å². The topological polar surface area (TPSA) is 84.9 Å². The van der Waals surface area contributed by atoms with E-state index in [1.165, 1.54) is 6.42 Å². The van der Waals surface area contributed by atoms with Crippen molar-refractivity contribution in [3.8, 4) is 0 Å². The number of hydrogen-bond acceptors (Lipinski definition) is 4. The van der Waals surface area contributed by atoms with E-state index in [2.05, 4.69) is 17.0 Å². The molecule has 0 aromatic rings. The molecule has 1 unspecified atom stereocenters. The fourth-order valence-corrected chi connectivity index (χ4v) is 2.10. The average Bonchev–Trinajstić information content (AvgIpc) is 2.28. The van der Waals surface area contributed by atoms with E-state index < -0.39 is 12.2 Å². The Bertz CT molecular complexity index is 282. The predicted molar refractivity (Wildman–Crippen MR) is 64.5 cm³/mol. The lowest BCUT2D eigenvalue weighted by Gasteiger charge is -2.26. The molecule has 1 fully saturated rings. The van der Waals surface area contributed by atoms with E-state index >= 15 is 0 Å². The zero-order valence-corrected chi connectivity index (χ0v) is 10.7. The van der Waals surface area contributed by atoms with E-state index in [-0.39, 0.29) is 12.7 Å². The van der Waals surface area contributed by atoms with Crippen LogP contribution in [0.2, 0.25) is 0 Å². The van der Waals surface area contributed by atoms with E-state index in [1.54, 1.807) is 0 Å². The summed E-state index contributed by atoms with van der Waals surface area (Å²) in [5.41, 5.74) is 0. The highest BCUT2D eigenvalue weighted by atomic mass is 16.7. The Morgan fingerprint density at radius 2 is 2.17 bits per heavy atom. The molecular formula is C12H21NO5. The van der Waals surface area contributed by atoms with Crippen LogP contribution in [0.25, 0.3) is 0 Å². The zero-order chi connectivity index (χ0) is 13.4. The summed E-state index contributed by atoms with van der Waals surface area (Å²) >= 11 is 0. The molecule has 0 aromatic carbocycles. The summed E-state index contributed by atoms with van der Waals surface area (Å²) in [5, 5.41) is 10.8. The molecule has 1 aliphatic rings. The van der Waals surface area contributed by atoms with Crippen LogP contribution in [0.15, 0.2) is 0 Å². The first-order valence-electron chi connectivity index (χ1n) is 6.38. The second-order valence-corrected chi connectivity index (χ2v) is 4.69. The van der Waals surface area contributed by atoms with Crippen LogP contribution < -0.4 is 5.32 Å². The van der Waals surface area contributed by atoms with Crippen molar-refractivity contribution in [3.63, 3.8) is 0 Å². The molecule has 0 spiro atoms. The molecule has 0 aromatic heterocycles. The van der Waals surface area contributed by atoms with Gasteiger partial charge in [-0.05, 0) is 31.6 Å². The van der Waals surface area contributed by atoms with Crippen molar-refractivity contribution in [2.45, 2.75) is 45.1 Å². The van der Waals surface area contributed by atoms with Gasteiger partial charge in [0, 0.05) is 6.54 Å². The maximum Gasteiger partial charge on any atom is 0.505 e. The van der Waals surface area contributed by atoms with Gasteiger partial charge in [0.1, 0.15) is 6.10 Å². The maximum atomic E-state index is 11.4. The number of alkyl carbamates (subject to hydrolysis) is 1. The molecule has 0 radical (unpaired) electrons. The SMILES string of the molecule is CC1CCC[C@H](OC(=O)NCCCOC(=O)O)C1. The van der Waals surface area contributed by atoms with Crippen molar-refractivity contribution < 1.29 is 24.2 Å². The third-order valence-electron chi connectivity index (χ3n) is 2.98. The minimum Gasteiger partial charge on any atom is -0.450 e. The summed E-state index contributed by atoms with van der Waals surface area (Å²) in [6, 6.07) is 0. The molecule has 18 heavy (non-hydrogen) atoms. The highest BCUT2D eigenvalue weighted by Crippen LogP contribution is 2.25. The number of carboxylic acid groups (broad SMARTS) is 1. The monoisotopic (exact) mass is 259 g/mol. The summed E-state index contributed by atoms with van der Waals surface area (Å²) in [6.07, 6.45) is 2.90. The van der Waals surface area contributed by atoms with Gasteiger partial charge in [0.05, 0.1) is 6.61 Å². The van der Waals surface area contributed by atoms with Gasteiger partial charge in [0.15, 0.2) is 0 Å². The Morgan fingerprint density at radius 3 is 2.83 bits per heavy atom. The zero-order valence-electron chi connectivity index (χ0n) is 10.7. The first-order valence-corrected chi connectivity index (χ1v) is 6.38. The van der Waals surface area contributed by atoms with Gasteiger partial charge in [-0.25, -0.2) is 9.59 Å². The van der Waals surface area contributed by atoms with Crippen LogP contribution in [0.5, 0.6) is 0 Å². The van der Waals surface area contributed by atoms with Gasteiger partial charge in [-0.1, -0.05) is 13.3 Å². The van der Waals surface area contributed by atoms with Crippen LogP contribution in [0.1, 0.15) is 39.0 Å². The molecule has 0 heterocycles. The Hall–Kier alpha value is -1.46. The third-order valence-corrected chi connectivity index (χ3v) is 2.98. The Morgan fingerprint density at radius 1 is 1.39 bits per heavy atom. The largest absolute Gasteiger partial charge is 0.505 e. The van der Waals surface area contributed by atoms with Gasteiger partial charge in [-0.2, -0.15) is 0 Å². The molecule has 1 saturated carbocycles. The molecule has 2 atom stereocenters. The Kier molecular flexibility index (Phi) is 6.32. The van der Waals surface area contributed by atoms with Gasteiger partial charge in [0.25, 0.3) is 0 Å². The average molecular weight is 259 g/mol. The fraction of sp³-hybridized carbons (Fsp3) is 0.833. The predicted octanol–water partition coefficient (Wildman–Crippen LogP) is 2.38. The van der Waals surface area contributed by atoms with E-state index in [1.807, 2.05) is 0 Å². The maximum absolute atomic E-state index is 11.4. The summed E-state index contributed by atoms with van der Waals surface area (Å²) < 4.78 is 9.59.